The first-order valence-corrected chi connectivity index (χ1v) is 6.64. The standard InChI is InChI=1S/C14H21N3O2/c1-10-11(8-15-9-16-10)12-6-5-7-17(12)13(18)19-14(2,3)4/h8-9,12H,5-7H2,1-4H3. The van der Waals surface area contributed by atoms with Gasteiger partial charge in [-0.05, 0) is 40.5 Å². The van der Waals surface area contributed by atoms with Crippen LogP contribution in [-0.2, 0) is 4.74 Å². The number of rotatable bonds is 1. The van der Waals surface area contributed by atoms with Gasteiger partial charge in [0.25, 0.3) is 0 Å². The highest BCUT2D eigenvalue weighted by molar-refractivity contribution is 5.69. The van der Waals surface area contributed by atoms with Crippen molar-refractivity contribution in [2.75, 3.05) is 6.54 Å². The van der Waals surface area contributed by atoms with Gasteiger partial charge in [0.05, 0.1) is 6.04 Å². The van der Waals surface area contributed by atoms with Crippen molar-refractivity contribution in [3.8, 4) is 0 Å². The topological polar surface area (TPSA) is 55.3 Å². The van der Waals surface area contributed by atoms with Gasteiger partial charge < -0.3 is 9.64 Å². The highest BCUT2D eigenvalue weighted by atomic mass is 16.6. The molecule has 5 nitrogen and oxygen atoms in total. The number of hydrogen-bond acceptors (Lipinski definition) is 4. The second-order valence-electron chi connectivity index (χ2n) is 5.90. The fourth-order valence-corrected chi connectivity index (χ4v) is 2.36. The average Bonchev–Trinajstić information content (AvgIpc) is 2.76. The quantitative estimate of drug-likeness (QED) is 0.781. The summed E-state index contributed by atoms with van der Waals surface area (Å²) in [6, 6.07) is 0.0380. The summed E-state index contributed by atoms with van der Waals surface area (Å²) >= 11 is 0. The number of aryl methyl sites for hydroxylation is 1. The monoisotopic (exact) mass is 263 g/mol. The normalized spacial score (nSPS) is 19.6. The zero-order valence-electron chi connectivity index (χ0n) is 12.0. The molecule has 1 atom stereocenters. The van der Waals surface area contributed by atoms with E-state index in [1.165, 1.54) is 6.33 Å². The van der Waals surface area contributed by atoms with Gasteiger partial charge in [-0.25, -0.2) is 14.8 Å². The van der Waals surface area contributed by atoms with Crippen molar-refractivity contribution < 1.29 is 9.53 Å². The van der Waals surface area contributed by atoms with Crippen molar-refractivity contribution in [2.24, 2.45) is 0 Å². The van der Waals surface area contributed by atoms with E-state index in [1.807, 2.05) is 27.7 Å². The molecule has 1 fully saturated rings. The molecule has 0 aromatic carbocycles. The Labute approximate surface area is 114 Å². The van der Waals surface area contributed by atoms with Crippen LogP contribution in [0, 0.1) is 6.92 Å². The van der Waals surface area contributed by atoms with Crippen LogP contribution in [0.15, 0.2) is 12.5 Å². The Bertz CT molecular complexity index is 468. The molecule has 0 aliphatic carbocycles. The van der Waals surface area contributed by atoms with Crippen LogP contribution in [0.25, 0.3) is 0 Å². The fraction of sp³-hybridized carbons (Fsp3) is 0.643. The molecule has 1 saturated heterocycles. The van der Waals surface area contributed by atoms with E-state index in [4.69, 9.17) is 4.74 Å². The van der Waals surface area contributed by atoms with Gasteiger partial charge in [0.1, 0.15) is 11.9 Å². The Hall–Kier alpha value is -1.65. The van der Waals surface area contributed by atoms with Crippen molar-refractivity contribution in [3.63, 3.8) is 0 Å². The number of hydrogen-bond donors (Lipinski definition) is 0. The Morgan fingerprint density at radius 3 is 2.84 bits per heavy atom. The van der Waals surface area contributed by atoms with Crippen molar-refractivity contribution in [1.29, 1.82) is 0 Å². The molecule has 1 aromatic rings. The summed E-state index contributed by atoms with van der Waals surface area (Å²) in [5.41, 5.74) is 1.48. The van der Waals surface area contributed by atoms with Crippen LogP contribution in [0.1, 0.15) is 50.9 Å². The number of carbonyl (C=O) groups is 1. The zero-order valence-corrected chi connectivity index (χ0v) is 12.0. The summed E-state index contributed by atoms with van der Waals surface area (Å²) in [6.07, 6.45) is 5.01. The maximum atomic E-state index is 12.2. The van der Waals surface area contributed by atoms with E-state index in [1.54, 1.807) is 11.1 Å². The summed E-state index contributed by atoms with van der Waals surface area (Å²) in [7, 11) is 0. The molecule has 0 N–H and O–H groups in total. The predicted octanol–water partition coefficient (Wildman–Crippen LogP) is 2.86. The van der Waals surface area contributed by atoms with Gasteiger partial charge in [0.15, 0.2) is 0 Å². The van der Waals surface area contributed by atoms with Gasteiger partial charge >= 0.3 is 6.09 Å². The maximum absolute atomic E-state index is 12.2. The maximum Gasteiger partial charge on any atom is 0.410 e. The SMILES string of the molecule is Cc1ncncc1C1CCCN1C(=O)OC(C)(C)C. The summed E-state index contributed by atoms with van der Waals surface area (Å²) in [6.45, 7) is 8.32. The van der Waals surface area contributed by atoms with Crippen LogP contribution in [0.5, 0.6) is 0 Å². The number of amides is 1. The van der Waals surface area contributed by atoms with Gasteiger partial charge in [0.2, 0.25) is 0 Å². The first-order valence-electron chi connectivity index (χ1n) is 6.64. The van der Waals surface area contributed by atoms with Gasteiger partial charge in [-0.2, -0.15) is 0 Å². The van der Waals surface area contributed by atoms with Crippen molar-refractivity contribution in [2.45, 2.75) is 52.2 Å². The molecule has 0 saturated carbocycles. The van der Waals surface area contributed by atoms with E-state index in [9.17, 15) is 4.79 Å². The molecule has 2 heterocycles. The lowest BCUT2D eigenvalue weighted by atomic mass is 10.1. The summed E-state index contributed by atoms with van der Waals surface area (Å²) < 4.78 is 5.46. The van der Waals surface area contributed by atoms with Crippen LogP contribution in [0.4, 0.5) is 4.79 Å². The number of ether oxygens (including phenoxy) is 1. The largest absolute Gasteiger partial charge is 0.444 e. The lowest BCUT2D eigenvalue weighted by Crippen LogP contribution is -2.36. The zero-order chi connectivity index (χ0) is 14.0. The molecule has 19 heavy (non-hydrogen) atoms. The third-order valence-electron chi connectivity index (χ3n) is 3.19. The lowest BCUT2D eigenvalue weighted by Gasteiger charge is -2.29. The summed E-state index contributed by atoms with van der Waals surface area (Å²) in [5, 5.41) is 0. The van der Waals surface area contributed by atoms with Gasteiger partial charge in [0, 0.05) is 24.0 Å². The van der Waals surface area contributed by atoms with Crippen LogP contribution in [-0.4, -0.2) is 33.1 Å². The molecule has 104 valence electrons. The lowest BCUT2D eigenvalue weighted by molar-refractivity contribution is 0.0223. The first kappa shape index (κ1) is 13.8. The summed E-state index contributed by atoms with van der Waals surface area (Å²) in [4.78, 5) is 22.3. The van der Waals surface area contributed by atoms with Crippen LogP contribution in [0.3, 0.4) is 0 Å². The predicted molar refractivity (Wildman–Crippen MR) is 71.7 cm³/mol. The summed E-state index contributed by atoms with van der Waals surface area (Å²) in [5.74, 6) is 0. The molecule has 1 aliphatic heterocycles. The molecule has 1 unspecified atom stereocenters. The molecule has 0 bridgehead atoms. The van der Waals surface area contributed by atoms with Crippen LogP contribution >= 0.6 is 0 Å². The number of nitrogens with zero attached hydrogens (tertiary/aromatic N) is 3. The molecule has 0 spiro atoms. The molecule has 1 aromatic heterocycles. The van der Waals surface area contributed by atoms with Gasteiger partial charge in [-0.15, -0.1) is 0 Å². The van der Waals surface area contributed by atoms with Crippen molar-refractivity contribution >= 4 is 6.09 Å². The Morgan fingerprint density at radius 2 is 2.21 bits per heavy atom. The minimum Gasteiger partial charge on any atom is -0.444 e. The molecule has 0 radical (unpaired) electrons. The van der Waals surface area contributed by atoms with Crippen LogP contribution in [0.2, 0.25) is 0 Å². The highest BCUT2D eigenvalue weighted by Crippen LogP contribution is 2.33. The van der Waals surface area contributed by atoms with E-state index >= 15 is 0 Å². The third kappa shape index (κ3) is 3.22. The van der Waals surface area contributed by atoms with E-state index in [0.717, 1.165) is 30.6 Å². The molecule has 1 amide bonds. The second-order valence-corrected chi connectivity index (χ2v) is 5.90. The Morgan fingerprint density at radius 1 is 1.47 bits per heavy atom. The van der Waals surface area contributed by atoms with E-state index < -0.39 is 5.60 Å². The third-order valence-corrected chi connectivity index (χ3v) is 3.19. The number of carbonyl (C=O) groups excluding carboxylic acids is 1. The van der Waals surface area contributed by atoms with E-state index in [-0.39, 0.29) is 12.1 Å². The average molecular weight is 263 g/mol. The van der Waals surface area contributed by atoms with E-state index in [0.29, 0.717) is 0 Å². The van der Waals surface area contributed by atoms with E-state index in [2.05, 4.69) is 9.97 Å². The molecular formula is C14H21N3O2. The smallest absolute Gasteiger partial charge is 0.410 e. The first-order chi connectivity index (χ1) is 8.88. The van der Waals surface area contributed by atoms with Gasteiger partial charge in [-0.3, -0.25) is 0 Å². The van der Waals surface area contributed by atoms with Crippen molar-refractivity contribution in [1.82, 2.24) is 14.9 Å². The number of aromatic nitrogens is 2. The Balaban J connectivity index is 2.18. The minimum atomic E-state index is -0.466. The Kier molecular flexibility index (Phi) is 3.73. The highest BCUT2D eigenvalue weighted by Gasteiger charge is 2.34. The van der Waals surface area contributed by atoms with Gasteiger partial charge in [-0.1, -0.05) is 0 Å². The fourth-order valence-electron chi connectivity index (χ4n) is 2.36. The molecular weight excluding hydrogens is 242 g/mol. The minimum absolute atomic E-state index is 0.0380. The number of likely N-dealkylation sites (tertiary alicyclic amines) is 1. The van der Waals surface area contributed by atoms with Crippen molar-refractivity contribution in [3.05, 3.63) is 23.8 Å². The second kappa shape index (κ2) is 5.15. The molecule has 5 heteroatoms. The van der Waals surface area contributed by atoms with Crippen LogP contribution < -0.4 is 0 Å². The molecule has 2 rings (SSSR count). The molecule has 1 aliphatic rings.